The highest BCUT2D eigenvalue weighted by molar-refractivity contribution is 5.87. The topological polar surface area (TPSA) is 40.0 Å². The maximum absolute atomic E-state index is 11.6. The number of ether oxygens (including phenoxy) is 2. The second-order valence-corrected chi connectivity index (χ2v) is 4.99. The largest absolute Gasteiger partial charge is 1.00 e. The van der Waals surface area contributed by atoms with Gasteiger partial charge in [0.1, 0.15) is 18.9 Å². The minimum Gasteiger partial charge on any atom is -1.00 e. The summed E-state index contributed by atoms with van der Waals surface area (Å²) in [6, 6.07) is 8.05. The molecule has 0 saturated carbocycles. The number of methoxy groups -OCH3 is 1. The van der Waals surface area contributed by atoms with Crippen LogP contribution in [0.15, 0.2) is 30.3 Å². The van der Waals surface area contributed by atoms with Crippen LogP contribution in [0.3, 0.4) is 0 Å². The predicted octanol–water partition coefficient (Wildman–Crippen LogP) is -1.82. The number of carbonyl (C=O) groups excluding carboxylic acids is 1. The fourth-order valence-corrected chi connectivity index (χ4v) is 1.61. The Morgan fingerprint density at radius 2 is 2.00 bits per heavy atom. The van der Waals surface area contributed by atoms with Crippen molar-refractivity contribution in [3.63, 3.8) is 0 Å². The van der Waals surface area contributed by atoms with Gasteiger partial charge in [0.05, 0.1) is 20.2 Å². The molecular weight excluding hydrogens is 290 g/mol. The molecule has 0 saturated heterocycles. The lowest BCUT2D eigenvalue weighted by Crippen LogP contribution is -3.12. The number of quaternary nitrogens is 1. The summed E-state index contributed by atoms with van der Waals surface area (Å²) in [6.45, 7) is 5.52. The maximum Gasteiger partial charge on any atom is 0.330 e. The third kappa shape index (κ3) is 7.16. The van der Waals surface area contributed by atoms with Crippen LogP contribution in [0.2, 0.25) is 0 Å². The van der Waals surface area contributed by atoms with E-state index in [1.54, 1.807) is 13.2 Å². The van der Waals surface area contributed by atoms with Gasteiger partial charge in [-0.2, -0.15) is 0 Å². The highest BCUT2D eigenvalue weighted by Gasteiger charge is 2.07. The Balaban J connectivity index is 0.00000400. The van der Waals surface area contributed by atoms with Gasteiger partial charge in [-0.05, 0) is 26.0 Å². The zero-order chi connectivity index (χ0) is 15.0. The molecule has 118 valence electrons. The van der Waals surface area contributed by atoms with Crippen LogP contribution in [0.1, 0.15) is 19.4 Å². The lowest BCUT2D eigenvalue weighted by molar-refractivity contribution is -0.901. The zero-order valence-corrected chi connectivity index (χ0v) is 13.8. The van der Waals surface area contributed by atoms with Crippen LogP contribution in [0.25, 0.3) is 6.08 Å². The maximum atomic E-state index is 11.6. The Morgan fingerprint density at radius 1 is 1.33 bits per heavy atom. The summed E-state index contributed by atoms with van der Waals surface area (Å²) in [5.41, 5.74) is 0.858. The molecule has 1 rings (SSSR count). The number of hydrogen-bond donors (Lipinski definition) is 1. The molecule has 0 aliphatic heterocycles. The number of likely N-dealkylation sites (N-methyl/N-ethyl adjacent to an activating group) is 1. The van der Waals surface area contributed by atoms with Crippen molar-refractivity contribution in [1.29, 1.82) is 0 Å². The summed E-state index contributed by atoms with van der Waals surface area (Å²) < 4.78 is 10.4. The van der Waals surface area contributed by atoms with Crippen molar-refractivity contribution in [2.45, 2.75) is 19.9 Å². The van der Waals surface area contributed by atoms with E-state index in [0.29, 0.717) is 12.6 Å². The summed E-state index contributed by atoms with van der Waals surface area (Å²) in [6.07, 6.45) is 3.14. The quantitative estimate of drug-likeness (QED) is 0.476. The Bertz CT molecular complexity index is 461. The summed E-state index contributed by atoms with van der Waals surface area (Å²) in [5, 5.41) is 0. The second-order valence-electron chi connectivity index (χ2n) is 4.99. The molecular formula is C16H24ClNO3. The first kappa shape index (κ1) is 19.5. The van der Waals surface area contributed by atoms with Crippen molar-refractivity contribution in [2.24, 2.45) is 0 Å². The van der Waals surface area contributed by atoms with E-state index >= 15 is 0 Å². The molecule has 0 aromatic heterocycles. The number of para-hydroxylation sites is 1. The summed E-state index contributed by atoms with van der Waals surface area (Å²) in [7, 11) is 3.69. The molecule has 0 aliphatic carbocycles. The van der Waals surface area contributed by atoms with E-state index in [1.807, 2.05) is 24.3 Å². The number of benzene rings is 1. The number of hydrogen-bond acceptors (Lipinski definition) is 3. The number of nitrogens with one attached hydrogen (secondary N) is 1. The van der Waals surface area contributed by atoms with E-state index in [-0.39, 0.29) is 18.4 Å². The molecule has 0 bridgehead atoms. The van der Waals surface area contributed by atoms with Gasteiger partial charge in [-0.15, -0.1) is 0 Å². The van der Waals surface area contributed by atoms with Crippen molar-refractivity contribution in [1.82, 2.24) is 0 Å². The predicted molar refractivity (Wildman–Crippen MR) is 79.9 cm³/mol. The third-order valence-corrected chi connectivity index (χ3v) is 3.26. The van der Waals surface area contributed by atoms with Gasteiger partial charge in [-0.1, -0.05) is 18.2 Å². The first-order valence-corrected chi connectivity index (χ1v) is 6.84. The van der Waals surface area contributed by atoms with Crippen LogP contribution in [0.4, 0.5) is 0 Å². The van der Waals surface area contributed by atoms with Gasteiger partial charge in [0, 0.05) is 11.6 Å². The van der Waals surface area contributed by atoms with E-state index in [0.717, 1.165) is 17.9 Å². The van der Waals surface area contributed by atoms with Crippen molar-refractivity contribution in [3.8, 4) is 5.75 Å². The fraction of sp³-hybridized carbons (Fsp3) is 0.438. The van der Waals surface area contributed by atoms with Crippen LogP contribution in [-0.2, 0) is 9.53 Å². The van der Waals surface area contributed by atoms with Crippen LogP contribution in [0.5, 0.6) is 5.75 Å². The van der Waals surface area contributed by atoms with Crippen LogP contribution >= 0.6 is 0 Å². The summed E-state index contributed by atoms with van der Waals surface area (Å²) in [4.78, 5) is 12.9. The molecule has 21 heavy (non-hydrogen) atoms. The minimum absolute atomic E-state index is 0. The van der Waals surface area contributed by atoms with Crippen LogP contribution in [0, 0.1) is 0 Å². The molecule has 0 heterocycles. The van der Waals surface area contributed by atoms with Crippen LogP contribution in [-0.4, -0.2) is 39.3 Å². The van der Waals surface area contributed by atoms with E-state index in [4.69, 9.17) is 9.47 Å². The Labute approximate surface area is 133 Å². The minimum atomic E-state index is -0.326. The van der Waals surface area contributed by atoms with Crippen LogP contribution < -0.4 is 22.0 Å². The second kappa shape index (κ2) is 10.2. The Morgan fingerprint density at radius 3 is 2.62 bits per heavy atom. The van der Waals surface area contributed by atoms with Crippen molar-refractivity contribution in [2.75, 3.05) is 27.3 Å². The SMILES string of the molecule is COc1ccccc1/C=C/C(=O)OCC[NH+](C)C(C)C.[Cl-]. The highest BCUT2D eigenvalue weighted by atomic mass is 35.5. The molecule has 0 aliphatic rings. The molecule has 0 fully saturated rings. The number of esters is 1. The number of rotatable bonds is 7. The normalized spacial score (nSPS) is 12.0. The summed E-state index contributed by atoms with van der Waals surface area (Å²) in [5.74, 6) is 0.410. The van der Waals surface area contributed by atoms with Crippen molar-refractivity contribution >= 4 is 12.0 Å². The molecule has 4 nitrogen and oxygen atoms in total. The highest BCUT2D eigenvalue weighted by Crippen LogP contribution is 2.18. The standard InChI is InChI=1S/C16H23NO3.ClH/c1-13(2)17(3)11-12-20-16(18)10-9-14-7-5-6-8-15(14)19-4;/h5-10,13H,11-12H2,1-4H3;1H/b10-9+;. The molecule has 0 spiro atoms. The molecule has 1 aromatic rings. The number of halogens is 1. The average molecular weight is 314 g/mol. The molecule has 1 aromatic carbocycles. The Kier molecular flexibility index (Phi) is 9.50. The molecule has 1 N–H and O–H groups in total. The van der Waals surface area contributed by atoms with Gasteiger partial charge in [0.15, 0.2) is 0 Å². The van der Waals surface area contributed by atoms with E-state index in [1.165, 1.54) is 11.0 Å². The first-order chi connectivity index (χ1) is 9.54. The molecule has 5 heteroatoms. The molecule has 0 amide bonds. The van der Waals surface area contributed by atoms with E-state index in [2.05, 4.69) is 20.9 Å². The van der Waals surface area contributed by atoms with Gasteiger partial charge in [0.2, 0.25) is 0 Å². The van der Waals surface area contributed by atoms with Gasteiger partial charge < -0.3 is 26.8 Å². The number of carbonyl (C=O) groups is 1. The smallest absolute Gasteiger partial charge is 0.330 e. The van der Waals surface area contributed by atoms with Crippen molar-refractivity contribution < 1.29 is 31.6 Å². The lowest BCUT2D eigenvalue weighted by atomic mass is 10.2. The van der Waals surface area contributed by atoms with Gasteiger partial charge in [-0.25, -0.2) is 4.79 Å². The Hall–Kier alpha value is -1.52. The average Bonchev–Trinajstić information content (AvgIpc) is 2.45. The van der Waals surface area contributed by atoms with Gasteiger partial charge >= 0.3 is 5.97 Å². The van der Waals surface area contributed by atoms with Gasteiger partial charge in [-0.3, -0.25) is 0 Å². The van der Waals surface area contributed by atoms with Crippen molar-refractivity contribution in [3.05, 3.63) is 35.9 Å². The van der Waals surface area contributed by atoms with Gasteiger partial charge in [0.25, 0.3) is 0 Å². The monoisotopic (exact) mass is 313 g/mol. The van der Waals surface area contributed by atoms with E-state index in [9.17, 15) is 4.79 Å². The molecule has 1 atom stereocenters. The summed E-state index contributed by atoms with van der Waals surface area (Å²) >= 11 is 0. The van der Waals surface area contributed by atoms with E-state index < -0.39 is 0 Å². The zero-order valence-electron chi connectivity index (χ0n) is 13.1. The third-order valence-electron chi connectivity index (χ3n) is 3.26. The molecule has 0 radical (unpaired) electrons. The molecule has 1 unspecified atom stereocenters. The first-order valence-electron chi connectivity index (χ1n) is 6.84. The fourth-order valence-electron chi connectivity index (χ4n) is 1.61. The lowest BCUT2D eigenvalue weighted by Gasteiger charge is -2.17.